The van der Waals surface area contributed by atoms with Crippen LogP contribution in [0.4, 0.5) is 27.9 Å². The molecular formula is C23H23F5N8O2. The van der Waals surface area contributed by atoms with Crippen molar-refractivity contribution in [3.05, 3.63) is 30.2 Å². The Morgan fingerprint density at radius 1 is 1.32 bits per heavy atom. The fourth-order valence-electron chi connectivity index (χ4n) is 4.55. The molecule has 1 aromatic carbocycles. The van der Waals surface area contributed by atoms with Gasteiger partial charge >= 0.3 is 0 Å². The van der Waals surface area contributed by atoms with Gasteiger partial charge < -0.3 is 15.0 Å². The molecule has 15 heteroatoms. The Morgan fingerprint density at radius 3 is 2.79 bits per heavy atom. The maximum absolute atomic E-state index is 15.3. The number of nitrogens with one attached hydrogen (secondary N) is 1. The van der Waals surface area contributed by atoms with Gasteiger partial charge in [-0.15, -0.1) is 10.2 Å². The van der Waals surface area contributed by atoms with Gasteiger partial charge in [-0.05, 0) is 24.1 Å². The Hall–Kier alpha value is -4.04. The van der Waals surface area contributed by atoms with Crippen LogP contribution in [-0.4, -0.2) is 79.0 Å². The summed E-state index contributed by atoms with van der Waals surface area (Å²) in [5.41, 5.74) is 1.44. The number of amides is 1. The third kappa shape index (κ3) is 4.67. The Bertz CT molecular complexity index is 1500. The van der Waals surface area contributed by atoms with Crippen LogP contribution < -0.4 is 10.1 Å². The fraction of sp³-hybridized carbons (Fsp3) is 0.435. The van der Waals surface area contributed by atoms with Gasteiger partial charge in [-0.1, -0.05) is 11.3 Å². The van der Waals surface area contributed by atoms with E-state index in [0.717, 1.165) is 15.6 Å². The van der Waals surface area contributed by atoms with Gasteiger partial charge in [-0.25, -0.2) is 31.1 Å². The number of likely N-dealkylation sites (tertiary alicyclic amines) is 1. The van der Waals surface area contributed by atoms with Gasteiger partial charge in [-0.2, -0.15) is 4.98 Å². The van der Waals surface area contributed by atoms with E-state index < -0.39 is 43.1 Å². The first kappa shape index (κ1) is 25.6. The van der Waals surface area contributed by atoms with Gasteiger partial charge in [0, 0.05) is 26.4 Å². The molecule has 4 aromatic rings. The lowest BCUT2D eigenvalue weighted by atomic mass is 10.0. The van der Waals surface area contributed by atoms with E-state index in [2.05, 4.69) is 25.7 Å². The molecule has 0 spiro atoms. The number of hydrogen-bond acceptors (Lipinski definition) is 7. The Morgan fingerprint density at radius 2 is 2.11 bits per heavy atom. The number of aryl methyl sites for hydroxylation is 1. The van der Waals surface area contributed by atoms with Crippen LogP contribution in [0.1, 0.15) is 19.8 Å². The molecule has 0 unspecified atom stereocenters. The Balaban J connectivity index is 1.50. The highest BCUT2D eigenvalue weighted by atomic mass is 19.3. The highest BCUT2D eigenvalue weighted by Gasteiger charge is 2.46. The minimum absolute atomic E-state index is 0.0468. The number of ether oxygens (including phenoxy) is 1. The first-order valence-corrected chi connectivity index (χ1v) is 11.7. The van der Waals surface area contributed by atoms with Crippen LogP contribution in [0.25, 0.3) is 27.7 Å². The zero-order chi connectivity index (χ0) is 27.2. The zero-order valence-electron chi connectivity index (χ0n) is 20.3. The largest absolute Gasteiger partial charge is 0.479 e. The van der Waals surface area contributed by atoms with Crippen molar-refractivity contribution in [3.63, 3.8) is 0 Å². The lowest BCUT2D eigenvalue weighted by molar-refractivity contribution is -0.140. The first-order chi connectivity index (χ1) is 18.1. The van der Waals surface area contributed by atoms with Crippen molar-refractivity contribution >= 4 is 28.4 Å². The van der Waals surface area contributed by atoms with E-state index >= 15 is 4.39 Å². The number of benzene rings is 1. The molecule has 1 aliphatic rings. The molecule has 4 heterocycles. The molecule has 1 atom stereocenters. The van der Waals surface area contributed by atoms with Crippen molar-refractivity contribution in [1.29, 1.82) is 0 Å². The summed E-state index contributed by atoms with van der Waals surface area (Å²) in [7, 11) is 1.30. The summed E-state index contributed by atoms with van der Waals surface area (Å²) in [6, 6.07) is 3.37. The SMILES string of the molecule is COc1nc(N[C@@H]2CCN(C(C)=O)CC2(F)F)nn2cc(F)c(-c3ccc4nnn(CCC(F)F)c4c3)c12. The van der Waals surface area contributed by atoms with Crippen molar-refractivity contribution in [2.75, 3.05) is 25.5 Å². The highest BCUT2D eigenvalue weighted by molar-refractivity contribution is 5.89. The van der Waals surface area contributed by atoms with Crippen molar-refractivity contribution in [3.8, 4) is 17.0 Å². The molecule has 3 aromatic heterocycles. The van der Waals surface area contributed by atoms with Crippen LogP contribution in [0.2, 0.25) is 0 Å². The lowest BCUT2D eigenvalue weighted by Gasteiger charge is -2.38. The second kappa shape index (κ2) is 9.68. The zero-order valence-corrected chi connectivity index (χ0v) is 20.3. The summed E-state index contributed by atoms with van der Waals surface area (Å²) in [6.45, 7) is 0.547. The lowest BCUT2D eigenvalue weighted by Crippen LogP contribution is -2.55. The van der Waals surface area contributed by atoms with Crippen molar-refractivity contribution in [2.45, 2.75) is 44.7 Å². The standard InChI is InChI=1S/C23H23F5N8O2/c1-12(37)34-7-5-17(23(27,28)11-34)29-22-30-21(38-2)20-19(14(24)10-36(20)32-22)13-3-4-15-16(9-13)35(33-31-15)8-6-18(25)26/h3-4,9-10,17-18H,5-8,11H2,1-2H3,(H,29,32)/t17-/m1/s1. The third-order valence-electron chi connectivity index (χ3n) is 6.46. The molecule has 38 heavy (non-hydrogen) atoms. The normalized spacial score (nSPS) is 17.5. The fourth-order valence-corrected chi connectivity index (χ4v) is 4.55. The minimum atomic E-state index is -3.25. The second-order valence-corrected chi connectivity index (χ2v) is 8.97. The van der Waals surface area contributed by atoms with Gasteiger partial charge in [0.25, 0.3) is 5.92 Å². The minimum Gasteiger partial charge on any atom is -0.479 e. The molecule has 1 N–H and O–H groups in total. The van der Waals surface area contributed by atoms with Crippen LogP contribution in [0.15, 0.2) is 24.4 Å². The summed E-state index contributed by atoms with van der Waals surface area (Å²) in [6.07, 6.45) is -1.92. The Kier molecular flexibility index (Phi) is 6.53. The summed E-state index contributed by atoms with van der Waals surface area (Å²) < 4.78 is 77.9. The third-order valence-corrected chi connectivity index (χ3v) is 6.46. The number of carbonyl (C=O) groups is 1. The van der Waals surface area contributed by atoms with Crippen molar-refractivity contribution < 1.29 is 31.5 Å². The maximum atomic E-state index is 15.3. The molecule has 0 radical (unpaired) electrons. The molecule has 0 saturated carbocycles. The summed E-state index contributed by atoms with van der Waals surface area (Å²) in [4.78, 5) is 16.8. The van der Waals surface area contributed by atoms with E-state index in [9.17, 15) is 22.4 Å². The van der Waals surface area contributed by atoms with Crippen LogP contribution in [-0.2, 0) is 11.3 Å². The van der Waals surface area contributed by atoms with Gasteiger partial charge in [0.2, 0.25) is 24.2 Å². The van der Waals surface area contributed by atoms with Crippen LogP contribution in [0.5, 0.6) is 5.88 Å². The number of fused-ring (bicyclic) bond motifs is 2. The topological polar surface area (TPSA) is 102 Å². The number of alkyl halides is 4. The van der Waals surface area contributed by atoms with E-state index in [0.29, 0.717) is 16.6 Å². The van der Waals surface area contributed by atoms with Gasteiger partial charge in [-0.3, -0.25) is 4.79 Å². The predicted octanol–water partition coefficient (Wildman–Crippen LogP) is 3.61. The number of hydrogen-bond donors (Lipinski definition) is 1. The molecule has 5 rings (SSSR count). The van der Waals surface area contributed by atoms with Crippen LogP contribution in [0, 0.1) is 5.82 Å². The summed E-state index contributed by atoms with van der Waals surface area (Å²) in [5.74, 6) is -4.67. The molecule has 10 nitrogen and oxygen atoms in total. The maximum Gasteiger partial charge on any atom is 0.285 e. The molecule has 1 amide bonds. The quantitative estimate of drug-likeness (QED) is 0.359. The van der Waals surface area contributed by atoms with Gasteiger partial charge in [0.1, 0.15) is 11.0 Å². The monoisotopic (exact) mass is 538 g/mol. The van der Waals surface area contributed by atoms with E-state index in [-0.39, 0.29) is 42.4 Å². The molecule has 0 bridgehead atoms. The smallest absolute Gasteiger partial charge is 0.285 e. The molecule has 1 fully saturated rings. The Labute approximate surface area is 212 Å². The predicted molar refractivity (Wildman–Crippen MR) is 126 cm³/mol. The van der Waals surface area contributed by atoms with Crippen molar-refractivity contribution in [1.82, 2.24) is 34.5 Å². The van der Waals surface area contributed by atoms with Gasteiger partial charge in [0.15, 0.2) is 5.82 Å². The first-order valence-electron chi connectivity index (χ1n) is 11.7. The van der Waals surface area contributed by atoms with Crippen molar-refractivity contribution in [2.24, 2.45) is 0 Å². The van der Waals surface area contributed by atoms with Gasteiger partial charge in [0.05, 0.1) is 37.0 Å². The second-order valence-electron chi connectivity index (χ2n) is 8.97. The van der Waals surface area contributed by atoms with E-state index in [4.69, 9.17) is 4.74 Å². The van der Waals surface area contributed by atoms with E-state index in [1.54, 1.807) is 18.2 Å². The number of rotatable bonds is 7. The molecule has 0 aliphatic carbocycles. The average molecular weight is 538 g/mol. The number of nitrogens with zero attached hydrogens (tertiary/aromatic N) is 7. The molecule has 1 saturated heterocycles. The van der Waals surface area contributed by atoms with E-state index in [1.807, 2.05) is 0 Å². The molecule has 202 valence electrons. The van der Waals surface area contributed by atoms with Crippen LogP contribution >= 0.6 is 0 Å². The number of aromatic nitrogens is 6. The average Bonchev–Trinajstić information content (AvgIpc) is 3.42. The number of carbonyl (C=O) groups excluding carboxylic acids is 1. The number of halogens is 5. The number of anilines is 1. The number of methoxy groups -OCH3 is 1. The highest BCUT2D eigenvalue weighted by Crippen LogP contribution is 2.36. The molecule has 1 aliphatic heterocycles. The number of piperidine rings is 1. The summed E-state index contributed by atoms with van der Waals surface area (Å²) >= 11 is 0. The van der Waals surface area contributed by atoms with Crippen LogP contribution in [0.3, 0.4) is 0 Å². The molecular weight excluding hydrogens is 515 g/mol. The van der Waals surface area contributed by atoms with E-state index in [1.165, 1.54) is 18.7 Å². The summed E-state index contributed by atoms with van der Waals surface area (Å²) in [5, 5.41) is 14.6.